The standard InChI is InChI=1S/C11H9NO4/c1-2-7-4-3-5-12-10(7)8(11(15)16)6-9(13)14/h2-6H,1H2,(H,13,14)(H,15,16)/b8-6-. The molecule has 0 amide bonds. The molecule has 16 heavy (non-hydrogen) atoms. The molecule has 5 heteroatoms. The van der Waals surface area contributed by atoms with Gasteiger partial charge < -0.3 is 10.2 Å². The highest BCUT2D eigenvalue weighted by Crippen LogP contribution is 2.17. The lowest BCUT2D eigenvalue weighted by Gasteiger charge is -2.04. The molecule has 1 aromatic rings. The zero-order valence-corrected chi connectivity index (χ0v) is 8.25. The van der Waals surface area contributed by atoms with Gasteiger partial charge in [-0.2, -0.15) is 0 Å². The Morgan fingerprint density at radius 2 is 2.06 bits per heavy atom. The third kappa shape index (κ3) is 2.54. The number of hydrogen-bond donors (Lipinski definition) is 2. The van der Waals surface area contributed by atoms with Crippen LogP contribution in [0.5, 0.6) is 0 Å². The summed E-state index contributed by atoms with van der Waals surface area (Å²) in [7, 11) is 0. The van der Waals surface area contributed by atoms with Crippen molar-refractivity contribution in [3.63, 3.8) is 0 Å². The molecule has 0 saturated carbocycles. The first kappa shape index (κ1) is 11.6. The van der Waals surface area contributed by atoms with E-state index >= 15 is 0 Å². The van der Waals surface area contributed by atoms with Crippen molar-refractivity contribution in [3.8, 4) is 0 Å². The van der Waals surface area contributed by atoms with Gasteiger partial charge in [-0.05, 0) is 6.07 Å². The van der Waals surface area contributed by atoms with Gasteiger partial charge in [0.25, 0.3) is 0 Å². The first-order valence-electron chi connectivity index (χ1n) is 4.32. The number of aliphatic carboxylic acids is 2. The number of carboxylic acids is 2. The molecule has 1 aromatic heterocycles. The molecule has 0 spiro atoms. The second-order valence-electron chi connectivity index (χ2n) is 2.85. The minimum atomic E-state index is -1.34. The Morgan fingerprint density at radius 3 is 2.56 bits per heavy atom. The molecule has 0 fully saturated rings. The highest BCUT2D eigenvalue weighted by Gasteiger charge is 2.15. The van der Waals surface area contributed by atoms with Crippen LogP contribution in [0.2, 0.25) is 0 Å². The first-order chi connectivity index (χ1) is 7.56. The van der Waals surface area contributed by atoms with Crippen LogP contribution in [0.3, 0.4) is 0 Å². The van der Waals surface area contributed by atoms with Gasteiger partial charge >= 0.3 is 11.9 Å². The van der Waals surface area contributed by atoms with Gasteiger partial charge in [0.15, 0.2) is 0 Å². The number of carbonyl (C=O) groups is 2. The summed E-state index contributed by atoms with van der Waals surface area (Å²) in [5.74, 6) is -2.68. The molecule has 0 unspecified atom stereocenters. The van der Waals surface area contributed by atoms with Crippen LogP contribution in [-0.2, 0) is 9.59 Å². The first-order valence-corrected chi connectivity index (χ1v) is 4.32. The number of nitrogens with zero attached hydrogens (tertiary/aromatic N) is 1. The van der Waals surface area contributed by atoms with E-state index in [1.54, 1.807) is 12.1 Å². The van der Waals surface area contributed by atoms with Crippen molar-refractivity contribution in [1.29, 1.82) is 0 Å². The largest absolute Gasteiger partial charge is 0.478 e. The highest BCUT2D eigenvalue weighted by atomic mass is 16.4. The van der Waals surface area contributed by atoms with Crippen LogP contribution in [0.4, 0.5) is 0 Å². The van der Waals surface area contributed by atoms with Crippen LogP contribution in [0.15, 0.2) is 31.0 Å². The fourth-order valence-electron chi connectivity index (χ4n) is 1.16. The Bertz CT molecular complexity index is 477. The Balaban J connectivity index is 3.37. The summed E-state index contributed by atoms with van der Waals surface area (Å²) in [6.07, 6.45) is 3.42. The Morgan fingerprint density at radius 1 is 1.38 bits per heavy atom. The van der Waals surface area contributed by atoms with Crippen molar-refractivity contribution >= 4 is 23.6 Å². The number of carboxylic acid groups (broad SMARTS) is 2. The topological polar surface area (TPSA) is 87.5 Å². The van der Waals surface area contributed by atoms with Crippen LogP contribution in [-0.4, -0.2) is 27.1 Å². The molecule has 0 saturated heterocycles. The normalized spacial score (nSPS) is 10.9. The van der Waals surface area contributed by atoms with Crippen molar-refractivity contribution in [3.05, 3.63) is 42.2 Å². The molecule has 0 radical (unpaired) electrons. The maximum absolute atomic E-state index is 10.9. The molecular weight excluding hydrogens is 210 g/mol. The van der Waals surface area contributed by atoms with E-state index in [2.05, 4.69) is 11.6 Å². The van der Waals surface area contributed by atoms with E-state index in [1.807, 2.05) is 0 Å². The van der Waals surface area contributed by atoms with Gasteiger partial charge in [-0.3, -0.25) is 4.98 Å². The fraction of sp³-hybridized carbons (Fsp3) is 0. The summed E-state index contributed by atoms with van der Waals surface area (Å²) >= 11 is 0. The average molecular weight is 219 g/mol. The number of aromatic nitrogens is 1. The zero-order chi connectivity index (χ0) is 12.1. The van der Waals surface area contributed by atoms with Crippen LogP contribution in [0.1, 0.15) is 11.3 Å². The molecule has 2 N–H and O–H groups in total. The average Bonchev–Trinajstić information content (AvgIpc) is 2.25. The van der Waals surface area contributed by atoms with E-state index in [9.17, 15) is 9.59 Å². The highest BCUT2D eigenvalue weighted by molar-refractivity contribution is 6.19. The molecule has 5 nitrogen and oxygen atoms in total. The van der Waals surface area contributed by atoms with Crippen molar-refractivity contribution < 1.29 is 19.8 Å². The predicted molar refractivity (Wildman–Crippen MR) is 57.6 cm³/mol. The van der Waals surface area contributed by atoms with Crippen molar-refractivity contribution in [1.82, 2.24) is 4.98 Å². The van der Waals surface area contributed by atoms with E-state index in [4.69, 9.17) is 10.2 Å². The van der Waals surface area contributed by atoms with Gasteiger partial charge in [0.05, 0.1) is 11.3 Å². The lowest BCUT2D eigenvalue weighted by atomic mass is 10.1. The van der Waals surface area contributed by atoms with Crippen molar-refractivity contribution in [2.75, 3.05) is 0 Å². The SMILES string of the molecule is C=Cc1cccnc1/C(=C/C(=O)O)C(=O)O. The molecule has 1 rings (SSSR count). The summed E-state index contributed by atoms with van der Waals surface area (Å²) in [6, 6.07) is 3.22. The molecule has 0 aromatic carbocycles. The lowest BCUT2D eigenvalue weighted by molar-refractivity contribution is -0.133. The third-order valence-electron chi connectivity index (χ3n) is 1.81. The smallest absolute Gasteiger partial charge is 0.338 e. The van der Waals surface area contributed by atoms with E-state index in [0.29, 0.717) is 11.6 Å². The molecule has 0 aliphatic carbocycles. The van der Waals surface area contributed by atoms with Gasteiger partial charge in [-0.1, -0.05) is 18.7 Å². The van der Waals surface area contributed by atoms with Crippen LogP contribution < -0.4 is 0 Å². The van der Waals surface area contributed by atoms with Crippen molar-refractivity contribution in [2.45, 2.75) is 0 Å². The minimum absolute atomic E-state index is 0.0902. The van der Waals surface area contributed by atoms with Gasteiger partial charge in [0, 0.05) is 17.8 Å². The Hall–Kier alpha value is -2.43. The Labute approximate surface area is 91.4 Å². The van der Waals surface area contributed by atoms with E-state index < -0.39 is 11.9 Å². The van der Waals surface area contributed by atoms with E-state index in [0.717, 1.165) is 0 Å². The second kappa shape index (κ2) is 4.88. The summed E-state index contributed by atoms with van der Waals surface area (Å²) in [4.78, 5) is 25.2. The Kier molecular flexibility index (Phi) is 3.55. The summed E-state index contributed by atoms with van der Waals surface area (Å²) < 4.78 is 0. The molecule has 0 aliphatic rings. The predicted octanol–water partition coefficient (Wildman–Crippen LogP) is 1.28. The van der Waals surface area contributed by atoms with Gasteiger partial charge in [0.1, 0.15) is 0 Å². The lowest BCUT2D eigenvalue weighted by Crippen LogP contribution is -2.06. The third-order valence-corrected chi connectivity index (χ3v) is 1.81. The monoisotopic (exact) mass is 219 g/mol. The van der Waals surface area contributed by atoms with Crippen LogP contribution >= 0.6 is 0 Å². The molecule has 0 atom stereocenters. The van der Waals surface area contributed by atoms with Gasteiger partial charge in [0.2, 0.25) is 0 Å². The van der Waals surface area contributed by atoms with E-state index in [1.165, 1.54) is 12.3 Å². The van der Waals surface area contributed by atoms with Crippen LogP contribution in [0.25, 0.3) is 11.6 Å². The summed E-state index contributed by atoms with van der Waals surface area (Å²) in [5, 5.41) is 17.5. The number of rotatable bonds is 4. The van der Waals surface area contributed by atoms with Crippen LogP contribution in [0, 0.1) is 0 Å². The molecule has 82 valence electrons. The quantitative estimate of drug-likeness (QED) is 0.744. The second-order valence-corrected chi connectivity index (χ2v) is 2.85. The zero-order valence-electron chi connectivity index (χ0n) is 8.25. The van der Waals surface area contributed by atoms with Gasteiger partial charge in [-0.25, -0.2) is 9.59 Å². The maximum Gasteiger partial charge on any atom is 0.338 e. The molecule has 0 aliphatic heterocycles. The molecular formula is C11H9NO4. The molecule has 0 bridgehead atoms. The van der Waals surface area contributed by atoms with Crippen molar-refractivity contribution in [2.24, 2.45) is 0 Å². The number of hydrogen-bond acceptors (Lipinski definition) is 3. The summed E-state index contributed by atoms with van der Waals surface area (Å²) in [6.45, 7) is 3.50. The maximum atomic E-state index is 10.9. The molecule has 1 heterocycles. The van der Waals surface area contributed by atoms with E-state index in [-0.39, 0.29) is 11.3 Å². The minimum Gasteiger partial charge on any atom is -0.478 e. The van der Waals surface area contributed by atoms with Gasteiger partial charge in [-0.15, -0.1) is 0 Å². The fourth-order valence-corrected chi connectivity index (χ4v) is 1.16. The number of pyridine rings is 1. The summed E-state index contributed by atoms with van der Waals surface area (Å²) in [5.41, 5.74) is 0.188.